The van der Waals surface area contributed by atoms with Gasteiger partial charge in [0.2, 0.25) is 5.91 Å². The van der Waals surface area contributed by atoms with Crippen molar-refractivity contribution in [2.45, 2.75) is 51.2 Å². The summed E-state index contributed by atoms with van der Waals surface area (Å²) in [6.45, 7) is 6.42. The summed E-state index contributed by atoms with van der Waals surface area (Å²) in [5, 5.41) is 2.92. The van der Waals surface area contributed by atoms with Crippen molar-refractivity contribution < 1.29 is 19.1 Å². The fourth-order valence-corrected chi connectivity index (χ4v) is 3.63. The van der Waals surface area contributed by atoms with E-state index in [1.54, 1.807) is 0 Å². The van der Waals surface area contributed by atoms with Gasteiger partial charge in [0.25, 0.3) is 0 Å². The molecule has 3 rings (SSSR count). The molecule has 2 atom stereocenters. The maximum absolute atomic E-state index is 12.7. The predicted octanol–water partition coefficient (Wildman–Crippen LogP) is 2.82. The molecule has 2 aliphatic rings. The number of aryl methyl sites for hydroxylation is 1. The van der Waals surface area contributed by atoms with E-state index in [1.165, 1.54) is 0 Å². The Morgan fingerprint density at radius 1 is 1.26 bits per heavy atom. The summed E-state index contributed by atoms with van der Waals surface area (Å²) in [5.41, 5.74) is 0.727. The number of carbonyl (C=O) groups excluding carboxylic acids is 2. The number of rotatable bonds is 2. The molecule has 2 fully saturated rings. The second-order valence-electron chi connectivity index (χ2n) is 7.19. The van der Waals surface area contributed by atoms with Crippen LogP contribution in [0.15, 0.2) is 24.3 Å². The maximum Gasteiger partial charge on any atom is 0.307 e. The molecule has 0 saturated carbocycles. The Balaban J connectivity index is 1.80. The zero-order valence-corrected chi connectivity index (χ0v) is 13.8. The van der Waals surface area contributed by atoms with Crippen LogP contribution in [0.2, 0.25) is 0 Å². The number of amides is 1. The van der Waals surface area contributed by atoms with Crippen molar-refractivity contribution in [3.63, 3.8) is 0 Å². The molecule has 0 unspecified atom stereocenters. The highest BCUT2D eigenvalue weighted by molar-refractivity contribution is 5.97. The van der Waals surface area contributed by atoms with Crippen molar-refractivity contribution in [1.82, 2.24) is 0 Å². The minimum absolute atomic E-state index is 0.133. The summed E-state index contributed by atoms with van der Waals surface area (Å²) in [4.78, 5) is 24.6. The fraction of sp³-hybridized carbons (Fsp3) is 0.556. The summed E-state index contributed by atoms with van der Waals surface area (Å²) in [5.74, 6) is -0.927. The summed E-state index contributed by atoms with van der Waals surface area (Å²) in [6.07, 6.45) is 1.24. The Labute approximate surface area is 136 Å². The summed E-state index contributed by atoms with van der Waals surface area (Å²) < 4.78 is 11.4. The van der Waals surface area contributed by atoms with Crippen LogP contribution in [0, 0.1) is 12.8 Å². The highest BCUT2D eigenvalue weighted by atomic mass is 16.6. The molecule has 1 aromatic rings. The van der Waals surface area contributed by atoms with Crippen molar-refractivity contribution in [1.29, 1.82) is 0 Å². The van der Waals surface area contributed by atoms with Crippen molar-refractivity contribution in [3.05, 3.63) is 29.8 Å². The molecule has 2 saturated heterocycles. The van der Waals surface area contributed by atoms with Crippen LogP contribution < -0.4 is 5.32 Å². The summed E-state index contributed by atoms with van der Waals surface area (Å²) >= 11 is 0. The van der Waals surface area contributed by atoms with E-state index in [9.17, 15) is 9.59 Å². The molecule has 2 aliphatic heterocycles. The van der Waals surface area contributed by atoms with Gasteiger partial charge in [-0.05, 0) is 32.9 Å². The molecule has 1 amide bonds. The number of hydrogen-bond acceptors (Lipinski definition) is 4. The summed E-state index contributed by atoms with van der Waals surface area (Å²) in [6, 6.07) is 7.62. The second-order valence-corrected chi connectivity index (χ2v) is 7.19. The average Bonchev–Trinajstić information content (AvgIpc) is 2.76. The first kappa shape index (κ1) is 16.0. The first-order valence-electron chi connectivity index (χ1n) is 8.03. The van der Waals surface area contributed by atoms with E-state index < -0.39 is 17.1 Å². The van der Waals surface area contributed by atoms with Crippen molar-refractivity contribution in [3.8, 4) is 0 Å². The Bertz CT molecular complexity index is 622. The van der Waals surface area contributed by atoms with Crippen molar-refractivity contribution in [2.75, 3.05) is 11.9 Å². The lowest BCUT2D eigenvalue weighted by atomic mass is 9.75. The minimum atomic E-state index is -0.742. The number of nitrogens with one attached hydrogen (secondary N) is 1. The van der Waals surface area contributed by atoms with E-state index in [4.69, 9.17) is 9.47 Å². The lowest BCUT2D eigenvalue weighted by Gasteiger charge is -2.43. The van der Waals surface area contributed by atoms with Crippen LogP contribution in [0.3, 0.4) is 0 Å². The second kappa shape index (κ2) is 5.64. The summed E-state index contributed by atoms with van der Waals surface area (Å²) in [7, 11) is 0. The van der Waals surface area contributed by atoms with Gasteiger partial charge in [0, 0.05) is 18.5 Å². The molecule has 1 aromatic carbocycles. The third-order valence-corrected chi connectivity index (χ3v) is 4.70. The van der Waals surface area contributed by atoms with E-state index in [-0.39, 0.29) is 18.3 Å². The molecule has 2 heterocycles. The molecule has 1 spiro atoms. The number of benzene rings is 1. The van der Waals surface area contributed by atoms with Gasteiger partial charge in [-0.2, -0.15) is 0 Å². The van der Waals surface area contributed by atoms with Gasteiger partial charge in [-0.15, -0.1) is 0 Å². The highest BCUT2D eigenvalue weighted by Gasteiger charge is 2.56. The third kappa shape index (κ3) is 3.24. The lowest BCUT2D eigenvalue weighted by Crippen LogP contribution is -2.52. The largest absolute Gasteiger partial charge is 0.458 e. The van der Waals surface area contributed by atoms with Crippen LogP contribution >= 0.6 is 0 Å². The zero-order chi connectivity index (χ0) is 16.7. The number of hydrogen-bond donors (Lipinski definition) is 1. The average molecular weight is 317 g/mol. The molecule has 0 radical (unpaired) electrons. The molecule has 23 heavy (non-hydrogen) atoms. The van der Waals surface area contributed by atoms with Gasteiger partial charge < -0.3 is 14.8 Å². The standard InChI is InChI=1S/C18H23NO4/c1-12-4-6-13(7-5-12)19-16(21)14-10-15(20)23-18(14)8-9-22-17(2,3)11-18/h4-7,14H,8-11H2,1-3H3,(H,19,21)/t14-,18-/m1/s1. The van der Waals surface area contributed by atoms with Crippen LogP contribution in [0.5, 0.6) is 0 Å². The molecule has 0 bridgehead atoms. The van der Waals surface area contributed by atoms with Crippen LogP contribution in [0.25, 0.3) is 0 Å². The van der Waals surface area contributed by atoms with E-state index in [0.717, 1.165) is 11.3 Å². The Hall–Kier alpha value is -1.88. The van der Waals surface area contributed by atoms with Crippen LogP contribution in [-0.4, -0.2) is 29.7 Å². The van der Waals surface area contributed by atoms with Gasteiger partial charge in [0.1, 0.15) is 5.60 Å². The smallest absolute Gasteiger partial charge is 0.307 e. The Morgan fingerprint density at radius 3 is 2.61 bits per heavy atom. The SMILES string of the molecule is Cc1ccc(NC(=O)[C@H]2CC(=O)O[C@@]23CCOC(C)(C)C3)cc1. The topological polar surface area (TPSA) is 64.6 Å². The Kier molecular flexibility index (Phi) is 3.92. The quantitative estimate of drug-likeness (QED) is 0.852. The van der Waals surface area contributed by atoms with Crippen LogP contribution in [0.1, 0.15) is 38.7 Å². The van der Waals surface area contributed by atoms with Gasteiger partial charge in [0.05, 0.1) is 24.5 Å². The zero-order valence-electron chi connectivity index (χ0n) is 13.8. The molecule has 5 nitrogen and oxygen atoms in total. The monoisotopic (exact) mass is 317 g/mol. The van der Waals surface area contributed by atoms with Crippen molar-refractivity contribution >= 4 is 17.6 Å². The first-order valence-corrected chi connectivity index (χ1v) is 8.03. The highest BCUT2D eigenvalue weighted by Crippen LogP contribution is 2.45. The molecular formula is C18H23NO4. The predicted molar refractivity (Wildman–Crippen MR) is 86.0 cm³/mol. The van der Waals surface area contributed by atoms with E-state index >= 15 is 0 Å². The lowest BCUT2D eigenvalue weighted by molar-refractivity contribution is -0.178. The van der Waals surface area contributed by atoms with Gasteiger partial charge >= 0.3 is 5.97 Å². The van der Waals surface area contributed by atoms with Gasteiger partial charge in [-0.25, -0.2) is 0 Å². The van der Waals surface area contributed by atoms with E-state index in [1.807, 2.05) is 45.0 Å². The van der Waals surface area contributed by atoms with E-state index in [0.29, 0.717) is 19.4 Å². The number of ether oxygens (including phenoxy) is 2. The number of anilines is 1. The normalized spacial score (nSPS) is 29.3. The Morgan fingerprint density at radius 2 is 1.96 bits per heavy atom. The molecule has 0 aromatic heterocycles. The number of carbonyl (C=O) groups is 2. The van der Waals surface area contributed by atoms with Gasteiger partial charge in [-0.3, -0.25) is 9.59 Å². The van der Waals surface area contributed by atoms with Crippen LogP contribution in [-0.2, 0) is 19.1 Å². The molecule has 1 N–H and O–H groups in total. The minimum Gasteiger partial charge on any atom is -0.458 e. The van der Waals surface area contributed by atoms with Crippen LogP contribution in [0.4, 0.5) is 5.69 Å². The molecule has 5 heteroatoms. The maximum atomic E-state index is 12.7. The van der Waals surface area contributed by atoms with Gasteiger partial charge in [0.15, 0.2) is 0 Å². The van der Waals surface area contributed by atoms with Crippen molar-refractivity contribution in [2.24, 2.45) is 5.92 Å². The van der Waals surface area contributed by atoms with E-state index in [2.05, 4.69) is 5.32 Å². The third-order valence-electron chi connectivity index (χ3n) is 4.70. The fourth-order valence-electron chi connectivity index (χ4n) is 3.63. The first-order chi connectivity index (χ1) is 10.8. The molecular weight excluding hydrogens is 294 g/mol. The van der Waals surface area contributed by atoms with Gasteiger partial charge in [-0.1, -0.05) is 17.7 Å². The molecule has 0 aliphatic carbocycles. The number of esters is 1. The molecule has 124 valence electrons.